The molecule has 23 heavy (non-hydrogen) atoms. The summed E-state index contributed by atoms with van der Waals surface area (Å²) in [5.41, 5.74) is 1.50. The Balaban J connectivity index is 1.65. The molecule has 5 nitrogen and oxygen atoms in total. The van der Waals surface area contributed by atoms with Gasteiger partial charge < -0.3 is 14.6 Å². The molecule has 0 fully saturated rings. The lowest BCUT2D eigenvalue weighted by atomic mass is 10.2. The van der Waals surface area contributed by atoms with E-state index in [0.717, 1.165) is 11.3 Å². The third-order valence-electron chi connectivity index (χ3n) is 3.16. The fourth-order valence-corrected chi connectivity index (χ4v) is 2.09. The van der Waals surface area contributed by atoms with Crippen molar-refractivity contribution in [2.24, 2.45) is 0 Å². The van der Waals surface area contributed by atoms with E-state index in [-0.39, 0.29) is 5.82 Å². The zero-order chi connectivity index (χ0) is 16.1. The largest absolute Gasteiger partial charge is 0.494 e. The summed E-state index contributed by atoms with van der Waals surface area (Å²) in [5.74, 6) is 1.44. The molecule has 1 N–H and O–H groups in total. The minimum atomic E-state index is -0.296. The van der Waals surface area contributed by atoms with Gasteiger partial charge in [0.25, 0.3) is 0 Å². The highest BCUT2D eigenvalue weighted by Crippen LogP contribution is 2.20. The zero-order valence-electron chi connectivity index (χ0n) is 12.6. The number of hydrogen-bond acceptors (Lipinski definition) is 5. The fraction of sp³-hybridized carbons (Fsp3) is 0.176. The van der Waals surface area contributed by atoms with Gasteiger partial charge in [-0.05, 0) is 49.4 Å². The van der Waals surface area contributed by atoms with Gasteiger partial charge in [-0.25, -0.2) is 4.39 Å². The number of anilines is 1. The predicted molar refractivity (Wildman–Crippen MR) is 84.6 cm³/mol. The average Bonchev–Trinajstić information content (AvgIpc) is 3.03. The van der Waals surface area contributed by atoms with Crippen molar-refractivity contribution in [3.05, 3.63) is 60.2 Å². The Kier molecular flexibility index (Phi) is 4.52. The molecule has 0 saturated heterocycles. The molecule has 1 heterocycles. The number of benzene rings is 2. The summed E-state index contributed by atoms with van der Waals surface area (Å²) < 4.78 is 23.7. The van der Waals surface area contributed by atoms with Crippen LogP contribution in [-0.2, 0) is 6.54 Å². The molecule has 1 aromatic heterocycles. The number of ether oxygens (including phenoxy) is 1. The second-order valence-electron chi connectivity index (χ2n) is 4.83. The topological polar surface area (TPSA) is 60.2 Å². The molecule has 6 heteroatoms. The van der Waals surface area contributed by atoms with Gasteiger partial charge in [0.05, 0.1) is 13.2 Å². The van der Waals surface area contributed by atoms with Crippen LogP contribution in [-0.4, -0.2) is 16.7 Å². The van der Waals surface area contributed by atoms with Crippen molar-refractivity contribution in [3.63, 3.8) is 0 Å². The second kappa shape index (κ2) is 6.91. The third kappa shape index (κ3) is 3.85. The maximum atomic E-state index is 13.1. The third-order valence-corrected chi connectivity index (χ3v) is 3.16. The van der Waals surface area contributed by atoms with E-state index in [1.807, 2.05) is 31.2 Å². The number of nitrogens with one attached hydrogen (secondary N) is 1. The summed E-state index contributed by atoms with van der Waals surface area (Å²) in [4.78, 5) is 4.32. The Bertz CT molecular complexity index is 772. The van der Waals surface area contributed by atoms with Crippen LogP contribution in [0.3, 0.4) is 0 Å². The van der Waals surface area contributed by atoms with Crippen molar-refractivity contribution in [2.75, 3.05) is 11.9 Å². The van der Waals surface area contributed by atoms with Crippen molar-refractivity contribution in [2.45, 2.75) is 13.5 Å². The number of hydrogen-bond donors (Lipinski definition) is 1. The van der Waals surface area contributed by atoms with Gasteiger partial charge in [-0.2, -0.15) is 4.98 Å². The molecule has 0 bridgehead atoms. The van der Waals surface area contributed by atoms with Crippen LogP contribution in [0.4, 0.5) is 10.1 Å². The van der Waals surface area contributed by atoms with Gasteiger partial charge in [0, 0.05) is 11.3 Å². The van der Waals surface area contributed by atoms with E-state index in [0.29, 0.717) is 30.6 Å². The highest BCUT2D eigenvalue weighted by molar-refractivity contribution is 5.55. The fourth-order valence-electron chi connectivity index (χ4n) is 2.09. The number of halogens is 1. The Morgan fingerprint density at radius 1 is 1.17 bits per heavy atom. The van der Waals surface area contributed by atoms with E-state index >= 15 is 0 Å². The predicted octanol–water partition coefficient (Wildman–Crippen LogP) is 3.89. The van der Waals surface area contributed by atoms with E-state index < -0.39 is 0 Å². The van der Waals surface area contributed by atoms with Crippen molar-refractivity contribution >= 4 is 5.69 Å². The Morgan fingerprint density at radius 3 is 2.74 bits per heavy atom. The summed E-state index contributed by atoms with van der Waals surface area (Å²) in [6.45, 7) is 2.88. The highest BCUT2D eigenvalue weighted by atomic mass is 19.1. The average molecular weight is 313 g/mol. The molecule has 0 aliphatic carbocycles. The molecule has 118 valence electrons. The van der Waals surface area contributed by atoms with Gasteiger partial charge in [0.15, 0.2) is 0 Å². The molecular weight excluding hydrogens is 297 g/mol. The lowest BCUT2D eigenvalue weighted by Crippen LogP contribution is -1.99. The monoisotopic (exact) mass is 313 g/mol. The smallest absolute Gasteiger partial charge is 0.246 e. The molecule has 0 aliphatic rings. The van der Waals surface area contributed by atoms with Crippen LogP contribution in [0.15, 0.2) is 53.1 Å². The van der Waals surface area contributed by atoms with Crippen LogP contribution in [0.25, 0.3) is 11.4 Å². The number of aromatic nitrogens is 2. The highest BCUT2D eigenvalue weighted by Gasteiger charge is 2.08. The zero-order valence-corrected chi connectivity index (χ0v) is 12.6. The van der Waals surface area contributed by atoms with Gasteiger partial charge in [-0.3, -0.25) is 0 Å². The molecule has 0 spiro atoms. The molecule has 0 atom stereocenters. The summed E-state index contributed by atoms with van der Waals surface area (Å²) in [6, 6.07) is 13.7. The molecular formula is C17H16FN3O2. The lowest BCUT2D eigenvalue weighted by molar-refractivity contribution is 0.340. The molecule has 0 saturated carbocycles. The van der Waals surface area contributed by atoms with Crippen LogP contribution < -0.4 is 10.1 Å². The van der Waals surface area contributed by atoms with E-state index in [1.165, 1.54) is 12.1 Å². The Labute approximate surface area is 133 Å². The van der Waals surface area contributed by atoms with Crippen LogP contribution in [0.5, 0.6) is 5.75 Å². The van der Waals surface area contributed by atoms with Gasteiger partial charge in [-0.1, -0.05) is 11.2 Å². The first-order valence-electron chi connectivity index (χ1n) is 7.30. The van der Waals surface area contributed by atoms with E-state index in [4.69, 9.17) is 9.26 Å². The molecule has 2 aromatic carbocycles. The summed E-state index contributed by atoms with van der Waals surface area (Å²) in [7, 11) is 0. The first-order chi connectivity index (χ1) is 11.2. The quantitative estimate of drug-likeness (QED) is 0.748. The van der Waals surface area contributed by atoms with Gasteiger partial charge in [0.2, 0.25) is 11.7 Å². The lowest BCUT2D eigenvalue weighted by Gasteiger charge is -2.02. The van der Waals surface area contributed by atoms with E-state index in [9.17, 15) is 4.39 Å². The van der Waals surface area contributed by atoms with Gasteiger partial charge >= 0.3 is 0 Å². The van der Waals surface area contributed by atoms with Crippen molar-refractivity contribution in [1.82, 2.24) is 10.1 Å². The Hall–Kier alpha value is -2.89. The van der Waals surface area contributed by atoms with Crippen molar-refractivity contribution in [1.29, 1.82) is 0 Å². The minimum absolute atomic E-state index is 0.296. The summed E-state index contributed by atoms with van der Waals surface area (Å²) in [6.07, 6.45) is 0. The van der Waals surface area contributed by atoms with Gasteiger partial charge in [-0.15, -0.1) is 0 Å². The standard InChI is InChI=1S/C17H16FN3O2/c1-2-22-15-8-6-12(7-9-15)17-20-16(23-21-17)11-19-14-5-3-4-13(18)10-14/h3-10,19H,2,11H2,1H3. The van der Waals surface area contributed by atoms with Crippen LogP contribution in [0.2, 0.25) is 0 Å². The molecule has 3 rings (SSSR count). The van der Waals surface area contributed by atoms with Crippen molar-refractivity contribution in [3.8, 4) is 17.1 Å². The van der Waals surface area contributed by atoms with E-state index in [1.54, 1.807) is 12.1 Å². The minimum Gasteiger partial charge on any atom is -0.494 e. The first kappa shape index (κ1) is 15.0. The Morgan fingerprint density at radius 2 is 2.00 bits per heavy atom. The number of rotatable bonds is 6. The maximum absolute atomic E-state index is 13.1. The van der Waals surface area contributed by atoms with Gasteiger partial charge in [0.1, 0.15) is 11.6 Å². The second-order valence-corrected chi connectivity index (χ2v) is 4.83. The van der Waals surface area contributed by atoms with Crippen LogP contribution >= 0.6 is 0 Å². The molecule has 3 aromatic rings. The molecule has 0 unspecified atom stereocenters. The van der Waals surface area contributed by atoms with Crippen molar-refractivity contribution < 1.29 is 13.7 Å². The van der Waals surface area contributed by atoms with Crippen LogP contribution in [0, 0.1) is 5.82 Å². The maximum Gasteiger partial charge on any atom is 0.246 e. The molecule has 0 aliphatic heterocycles. The summed E-state index contributed by atoms with van der Waals surface area (Å²) >= 11 is 0. The van der Waals surface area contributed by atoms with Crippen LogP contribution in [0.1, 0.15) is 12.8 Å². The van der Waals surface area contributed by atoms with E-state index in [2.05, 4.69) is 15.5 Å². The summed E-state index contributed by atoms with van der Waals surface area (Å²) in [5, 5.41) is 6.99. The first-order valence-corrected chi connectivity index (χ1v) is 7.30. The SMILES string of the molecule is CCOc1ccc(-c2noc(CNc3cccc(F)c3)n2)cc1. The normalized spacial score (nSPS) is 10.5. The molecule has 0 radical (unpaired) electrons. The molecule has 0 amide bonds. The number of nitrogens with zero attached hydrogens (tertiary/aromatic N) is 2.